The third kappa shape index (κ3) is 4.06. The summed E-state index contributed by atoms with van der Waals surface area (Å²) in [4.78, 5) is 13.8. The molecule has 1 saturated carbocycles. The third-order valence-electron chi connectivity index (χ3n) is 5.03. The van der Waals surface area contributed by atoms with Gasteiger partial charge >= 0.3 is 11.5 Å². The fourth-order valence-corrected chi connectivity index (χ4v) is 4.57. The van der Waals surface area contributed by atoms with Crippen LogP contribution >= 0.6 is 11.8 Å². The zero-order valence-electron chi connectivity index (χ0n) is 13.1. The highest BCUT2D eigenvalue weighted by molar-refractivity contribution is 8.00. The standard InChI is InChI=1S/C17H20F3NO2S/c18-17(19,20)24-13-7-5-11(6-8-13)10-21-14-4-2-1-3-12(14)9-15(21)16(22)23/h5-8,12,14-15H,1-4,9-10H2,(H,22,23). The van der Waals surface area contributed by atoms with E-state index >= 15 is 0 Å². The SMILES string of the molecule is O=C(O)C1CC2CCCCC2N1Cc1ccc(SC(F)(F)F)cc1. The number of likely N-dealkylation sites (tertiary alicyclic amines) is 1. The van der Waals surface area contributed by atoms with Crippen LogP contribution in [0.3, 0.4) is 0 Å². The molecule has 7 heteroatoms. The molecule has 3 atom stereocenters. The molecule has 0 radical (unpaired) electrons. The topological polar surface area (TPSA) is 40.5 Å². The van der Waals surface area contributed by atoms with Gasteiger partial charge in [0.1, 0.15) is 6.04 Å². The Morgan fingerprint density at radius 1 is 1.21 bits per heavy atom. The van der Waals surface area contributed by atoms with E-state index in [4.69, 9.17) is 0 Å². The number of carboxylic acids is 1. The molecule has 24 heavy (non-hydrogen) atoms. The Morgan fingerprint density at radius 2 is 1.88 bits per heavy atom. The first-order valence-electron chi connectivity index (χ1n) is 8.17. The minimum absolute atomic E-state index is 0.132. The maximum atomic E-state index is 12.4. The summed E-state index contributed by atoms with van der Waals surface area (Å²) in [6.07, 6.45) is 5.04. The maximum absolute atomic E-state index is 12.4. The van der Waals surface area contributed by atoms with Gasteiger partial charge in [-0.3, -0.25) is 9.69 Å². The molecule has 0 aromatic heterocycles. The molecule has 1 aliphatic heterocycles. The summed E-state index contributed by atoms with van der Waals surface area (Å²) < 4.78 is 37.2. The number of hydrogen-bond acceptors (Lipinski definition) is 3. The lowest BCUT2D eigenvalue weighted by Gasteiger charge is -2.33. The highest BCUT2D eigenvalue weighted by Crippen LogP contribution is 2.41. The van der Waals surface area contributed by atoms with Gasteiger partial charge in [0.15, 0.2) is 0 Å². The van der Waals surface area contributed by atoms with E-state index in [1.165, 1.54) is 12.1 Å². The van der Waals surface area contributed by atoms with E-state index in [-0.39, 0.29) is 22.7 Å². The number of halogens is 3. The maximum Gasteiger partial charge on any atom is 0.446 e. The number of carboxylic acid groups (broad SMARTS) is 1. The van der Waals surface area contributed by atoms with Gasteiger partial charge in [-0.25, -0.2) is 0 Å². The van der Waals surface area contributed by atoms with Crippen molar-refractivity contribution in [2.24, 2.45) is 5.92 Å². The quantitative estimate of drug-likeness (QED) is 0.803. The van der Waals surface area contributed by atoms with Crippen molar-refractivity contribution in [2.75, 3.05) is 0 Å². The van der Waals surface area contributed by atoms with Crippen molar-refractivity contribution in [3.63, 3.8) is 0 Å². The van der Waals surface area contributed by atoms with Crippen molar-refractivity contribution in [1.29, 1.82) is 0 Å². The predicted molar refractivity (Wildman–Crippen MR) is 85.7 cm³/mol. The molecule has 0 amide bonds. The molecule has 2 fully saturated rings. The van der Waals surface area contributed by atoms with E-state index < -0.39 is 17.5 Å². The van der Waals surface area contributed by atoms with Crippen molar-refractivity contribution in [3.05, 3.63) is 29.8 Å². The largest absolute Gasteiger partial charge is 0.480 e. The number of fused-ring (bicyclic) bond motifs is 1. The summed E-state index contributed by atoms with van der Waals surface area (Å²) in [7, 11) is 0. The first-order valence-corrected chi connectivity index (χ1v) is 8.98. The van der Waals surface area contributed by atoms with Crippen LogP contribution in [0.15, 0.2) is 29.2 Å². The van der Waals surface area contributed by atoms with Crippen LogP contribution in [0.4, 0.5) is 13.2 Å². The van der Waals surface area contributed by atoms with Gasteiger partial charge < -0.3 is 5.11 Å². The van der Waals surface area contributed by atoms with Gasteiger partial charge in [-0.2, -0.15) is 13.2 Å². The first kappa shape index (κ1) is 17.6. The summed E-state index contributed by atoms with van der Waals surface area (Å²) in [5.41, 5.74) is -3.43. The fraction of sp³-hybridized carbons (Fsp3) is 0.588. The van der Waals surface area contributed by atoms with Crippen molar-refractivity contribution in [2.45, 2.75) is 61.1 Å². The Morgan fingerprint density at radius 3 is 2.50 bits per heavy atom. The second-order valence-electron chi connectivity index (χ2n) is 6.57. The second-order valence-corrected chi connectivity index (χ2v) is 7.70. The number of benzene rings is 1. The molecule has 3 unspecified atom stereocenters. The van der Waals surface area contributed by atoms with Gasteiger partial charge in [0.05, 0.1) is 0 Å². The zero-order valence-corrected chi connectivity index (χ0v) is 13.9. The number of thioether (sulfide) groups is 1. The molecular formula is C17H20F3NO2S. The van der Waals surface area contributed by atoms with Gasteiger partial charge in [-0.15, -0.1) is 0 Å². The Labute approximate surface area is 143 Å². The minimum Gasteiger partial charge on any atom is -0.480 e. The lowest BCUT2D eigenvalue weighted by molar-refractivity contribution is -0.142. The lowest BCUT2D eigenvalue weighted by Crippen LogP contribution is -2.41. The van der Waals surface area contributed by atoms with Crippen molar-refractivity contribution in [1.82, 2.24) is 4.90 Å². The molecule has 3 nitrogen and oxygen atoms in total. The molecule has 1 aromatic rings. The summed E-state index contributed by atoms with van der Waals surface area (Å²) >= 11 is -0.132. The van der Waals surface area contributed by atoms with Crippen LogP contribution in [0.2, 0.25) is 0 Å². The van der Waals surface area contributed by atoms with E-state index in [1.54, 1.807) is 12.1 Å². The van der Waals surface area contributed by atoms with Crippen molar-refractivity contribution < 1.29 is 23.1 Å². The average molecular weight is 359 g/mol. The summed E-state index contributed by atoms with van der Waals surface area (Å²) in [6.45, 7) is 0.481. The van der Waals surface area contributed by atoms with Crippen LogP contribution in [-0.2, 0) is 11.3 Å². The predicted octanol–water partition coefficient (Wildman–Crippen LogP) is 4.52. The molecule has 1 aliphatic carbocycles. The highest BCUT2D eigenvalue weighted by Gasteiger charge is 2.44. The molecule has 132 valence electrons. The molecule has 2 aliphatic rings. The summed E-state index contributed by atoms with van der Waals surface area (Å²) in [5.74, 6) is -0.367. The van der Waals surface area contributed by atoms with Crippen LogP contribution in [0.1, 0.15) is 37.7 Å². The van der Waals surface area contributed by atoms with Crippen LogP contribution < -0.4 is 0 Å². The average Bonchev–Trinajstić information content (AvgIpc) is 2.87. The molecule has 1 saturated heterocycles. The van der Waals surface area contributed by atoms with Crippen LogP contribution in [0.5, 0.6) is 0 Å². The monoisotopic (exact) mass is 359 g/mol. The van der Waals surface area contributed by atoms with E-state index in [9.17, 15) is 23.1 Å². The molecule has 3 rings (SSSR count). The summed E-state index contributed by atoms with van der Waals surface area (Å²) in [5, 5.41) is 9.51. The van der Waals surface area contributed by atoms with E-state index in [0.29, 0.717) is 18.9 Å². The number of aliphatic carboxylic acids is 1. The molecule has 1 aromatic carbocycles. The zero-order chi connectivity index (χ0) is 17.3. The highest BCUT2D eigenvalue weighted by atomic mass is 32.2. The Kier molecular flexibility index (Phi) is 5.11. The molecule has 0 bridgehead atoms. The Balaban J connectivity index is 1.72. The Bertz CT molecular complexity index is 590. The molecular weight excluding hydrogens is 339 g/mol. The van der Waals surface area contributed by atoms with Crippen LogP contribution in [0, 0.1) is 5.92 Å². The van der Waals surface area contributed by atoms with Gasteiger partial charge in [0.2, 0.25) is 0 Å². The lowest BCUT2D eigenvalue weighted by atomic mass is 9.84. The molecule has 0 spiro atoms. The molecule has 1 heterocycles. The normalized spacial score (nSPS) is 27.9. The van der Waals surface area contributed by atoms with Crippen molar-refractivity contribution >= 4 is 17.7 Å². The van der Waals surface area contributed by atoms with Gasteiger partial charge in [0.25, 0.3) is 0 Å². The van der Waals surface area contributed by atoms with Crippen LogP contribution in [0.25, 0.3) is 0 Å². The van der Waals surface area contributed by atoms with Gasteiger partial charge in [-0.05, 0) is 54.6 Å². The number of rotatable bonds is 4. The van der Waals surface area contributed by atoms with Crippen molar-refractivity contribution in [3.8, 4) is 0 Å². The minimum atomic E-state index is -4.29. The summed E-state index contributed by atoms with van der Waals surface area (Å²) in [6, 6.07) is 6.05. The van der Waals surface area contributed by atoms with Gasteiger partial charge in [-0.1, -0.05) is 25.0 Å². The van der Waals surface area contributed by atoms with Gasteiger partial charge in [0, 0.05) is 17.5 Å². The molecule has 1 N–H and O–H groups in total. The number of hydrogen-bond donors (Lipinski definition) is 1. The number of carbonyl (C=O) groups is 1. The van der Waals surface area contributed by atoms with E-state index in [1.807, 2.05) is 4.90 Å². The van der Waals surface area contributed by atoms with E-state index in [2.05, 4.69) is 0 Å². The fourth-order valence-electron chi connectivity index (χ4n) is 4.03. The second kappa shape index (κ2) is 6.96. The first-order chi connectivity index (χ1) is 11.3. The Hall–Kier alpha value is -1.21. The van der Waals surface area contributed by atoms with E-state index in [0.717, 1.165) is 31.2 Å². The smallest absolute Gasteiger partial charge is 0.446 e. The number of nitrogens with zero attached hydrogens (tertiary/aromatic N) is 1. The number of alkyl halides is 3. The third-order valence-corrected chi connectivity index (χ3v) is 5.77. The van der Waals surface area contributed by atoms with Crippen LogP contribution in [-0.4, -0.2) is 33.6 Å².